The van der Waals surface area contributed by atoms with Gasteiger partial charge < -0.3 is 10.3 Å². The molecule has 3 rings (SSSR count). The van der Waals surface area contributed by atoms with Crippen LogP contribution >= 0.6 is 11.8 Å². The number of H-pyrrole nitrogens is 1. The second-order valence-corrected chi connectivity index (χ2v) is 7.53. The van der Waals surface area contributed by atoms with E-state index in [-0.39, 0.29) is 28.2 Å². The van der Waals surface area contributed by atoms with Gasteiger partial charge in [0.2, 0.25) is 0 Å². The van der Waals surface area contributed by atoms with E-state index >= 15 is 0 Å². The summed E-state index contributed by atoms with van der Waals surface area (Å²) in [7, 11) is 0. The fourth-order valence-corrected chi connectivity index (χ4v) is 3.40. The predicted molar refractivity (Wildman–Crippen MR) is 109 cm³/mol. The molecule has 0 saturated heterocycles. The van der Waals surface area contributed by atoms with E-state index in [1.807, 2.05) is 13.0 Å². The SMILES string of the molecule is CC[C@@H](NC(=O)c1cc(=O)[nH]c(-c2ccccc2)n1)c1ccc(SC(F)(F)F)cc1. The van der Waals surface area contributed by atoms with Crippen LogP contribution < -0.4 is 10.9 Å². The van der Waals surface area contributed by atoms with E-state index in [4.69, 9.17) is 0 Å². The Morgan fingerprint density at radius 3 is 2.40 bits per heavy atom. The van der Waals surface area contributed by atoms with Gasteiger partial charge in [-0.1, -0.05) is 49.4 Å². The molecule has 0 aliphatic heterocycles. The Bertz CT molecular complexity index is 1070. The molecule has 0 fully saturated rings. The number of aromatic nitrogens is 2. The first-order valence-corrected chi connectivity index (χ1v) is 9.90. The molecule has 1 heterocycles. The summed E-state index contributed by atoms with van der Waals surface area (Å²) in [5.41, 5.74) is -3.54. The lowest BCUT2D eigenvalue weighted by Gasteiger charge is -2.18. The zero-order valence-corrected chi connectivity index (χ0v) is 16.7. The summed E-state index contributed by atoms with van der Waals surface area (Å²) >= 11 is -0.195. The van der Waals surface area contributed by atoms with E-state index in [1.54, 1.807) is 36.4 Å². The van der Waals surface area contributed by atoms with Crippen molar-refractivity contribution < 1.29 is 18.0 Å². The predicted octanol–water partition coefficient (Wildman–Crippen LogP) is 4.93. The maximum atomic E-state index is 12.7. The average Bonchev–Trinajstić information content (AvgIpc) is 2.71. The maximum Gasteiger partial charge on any atom is 0.446 e. The molecule has 9 heteroatoms. The molecule has 0 aliphatic rings. The Balaban J connectivity index is 1.79. The number of carbonyl (C=O) groups excluding carboxylic acids is 1. The number of thioether (sulfide) groups is 1. The van der Waals surface area contributed by atoms with Crippen molar-refractivity contribution in [1.82, 2.24) is 15.3 Å². The molecular formula is C21H18F3N3O2S. The number of halogens is 3. The van der Waals surface area contributed by atoms with Gasteiger partial charge in [-0.3, -0.25) is 9.59 Å². The van der Waals surface area contributed by atoms with Gasteiger partial charge in [0.1, 0.15) is 11.5 Å². The Hall–Kier alpha value is -3.07. The summed E-state index contributed by atoms with van der Waals surface area (Å²) in [6, 6.07) is 15.4. The molecule has 0 spiro atoms. The molecule has 3 aromatic rings. The minimum absolute atomic E-state index is 0.0414. The van der Waals surface area contributed by atoms with Crippen LogP contribution in [0.15, 0.2) is 70.4 Å². The highest BCUT2D eigenvalue weighted by atomic mass is 32.2. The normalized spacial score (nSPS) is 12.4. The topological polar surface area (TPSA) is 74.8 Å². The fourth-order valence-electron chi connectivity index (χ4n) is 2.86. The molecule has 0 bridgehead atoms. The van der Waals surface area contributed by atoms with Crippen LogP contribution in [0.5, 0.6) is 0 Å². The van der Waals surface area contributed by atoms with E-state index in [0.29, 0.717) is 17.5 Å². The van der Waals surface area contributed by atoms with Crippen molar-refractivity contribution >= 4 is 17.7 Å². The lowest BCUT2D eigenvalue weighted by molar-refractivity contribution is -0.0328. The monoisotopic (exact) mass is 433 g/mol. The first-order valence-electron chi connectivity index (χ1n) is 9.08. The molecule has 5 nitrogen and oxygen atoms in total. The number of hydrogen-bond acceptors (Lipinski definition) is 4. The van der Waals surface area contributed by atoms with Gasteiger partial charge in [0.25, 0.3) is 11.5 Å². The number of nitrogens with one attached hydrogen (secondary N) is 2. The lowest BCUT2D eigenvalue weighted by atomic mass is 10.0. The third kappa shape index (κ3) is 5.73. The lowest BCUT2D eigenvalue weighted by Crippen LogP contribution is -2.30. The molecular weight excluding hydrogens is 415 g/mol. The van der Waals surface area contributed by atoms with Gasteiger partial charge in [-0.15, -0.1) is 0 Å². The van der Waals surface area contributed by atoms with Crippen LogP contribution in [0.3, 0.4) is 0 Å². The van der Waals surface area contributed by atoms with Crippen molar-refractivity contribution in [3.05, 3.63) is 82.3 Å². The van der Waals surface area contributed by atoms with Gasteiger partial charge in [0.15, 0.2) is 0 Å². The molecule has 0 unspecified atom stereocenters. The van der Waals surface area contributed by atoms with E-state index in [9.17, 15) is 22.8 Å². The first-order chi connectivity index (χ1) is 14.2. The van der Waals surface area contributed by atoms with Crippen molar-refractivity contribution in [2.24, 2.45) is 0 Å². The van der Waals surface area contributed by atoms with Crippen LogP contribution in [0.2, 0.25) is 0 Å². The summed E-state index contributed by atoms with van der Waals surface area (Å²) < 4.78 is 37.5. The van der Waals surface area contributed by atoms with Crippen molar-refractivity contribution in [2.75, 3.05) is 0 Å². The van der Waals surface area contributed by atoms with Crippen LogP contribution in [-0.2, 0) is 0 Å². The average molecular weight is 433 g/mol. The smallest absolute Gasteiger partial charge is 0.344 e. The Kier molecular flexibility index (Phi) is 6.61. The van der Waals surface area contributed by atoms with Crippen LogP contribution in [0.25, 0.3) is 11.4 Å². The largest absolute Gasteiger partial charge is 0.446 e. The van der Waals surface area contributed by atoms with Gasteiger partial charge in [0, 0.05) is 16.5 Å². The Labute approximate surface area is 174 Å². The fraction of sp³-hybridized carbons (Fsp3) is 0.190. The Morgan fingerprint density at radius 1 is 1.13 bits per heavy atom. The number of benzene rings is 2. The van der Waals surface area contributed by atoms with Crippen LogP contribution in [0, 0.1) is 0 Å². The molecule has 0 saturated carbocycles. The van der Waals surface area contributed by atoms with Gasteiger partial charge in [-0.05, 0) is 35.9 Å². The molecule has 1 atom stereocenters. The molecule has 2 N–H and O–H groups in total. The highest BCUT2D eigenvalue weighted by Crippen LogP contribution is 2.37. The molecule has 0 radical (unpaired) electrons. The summed E-state index contributed by atoms with van der Waals surface area (Å²) in [5.74, 6) is -0.270. The highest BCUT2D eigenvalue weighted by molar-refractivity contribution is 8.00. The van der Waals surface area contributed by atoms with Crippen molar-refractivity contribution in [1.29, 1.82) is 0 Å². The number of rotatable bonds is 6. The van der Waals surface area contributed by atoms with E-state index in [1.165, 1.54) is 12.1 Å². The number of alkyl halides is 3. The van der Waals surface area contributed by atoms with E-state index < -0.39 is 23.0 Å². The number of carbonyl (C=O) groups is 1. The first kappa shape index (κ1) is 21.6. The standard InChI is InChI=1S/C21H18F3N3O2S/c1-2-16(13-8-10-15(11-9-13)30-21(22,23)24)26-20(29)17-12-18(28)27-19(25-17)14-6-4-3-5-7-14/h3-12,16H,2H2,1H3,(H,26,29)(H,25,27,28)/t16-/m1/s1. The minimum atomic E-state index is -4.36. The molecule has 2 aromatic carbocycles. The van der Waals surface area contributed by atoms with Crippen LogP contribution in [-0.4, -0.2) is 21.4 Å². The zero-order chi connectivity index (χ0) is 21.7. The molecule has 0 aliphatic carbocycles. The third-order valence-electron chi connectivity index (χ3n) is 4.25. The van der Waals surface area contributed by atoms with Crippen LogP contribution in [0.1, 0.15) is 35.4 Å². The van der Waals surface area contributed by atoms with Gasteiger partial charge in [-0.2, -0.15) is 13.2 Å². The van der Waals surface area contributed by atoms with Gasteiger partial charge in [-0.25, -0.2) is 4.98 Å². The number of hydrogen-bond donors (Lipinski definition) is 2. The van der Waals surface area contributed by atoms with Crippen molar-refractivity contribution in [3.63, 3.8) is 0 Å². The molecule has 1 aromatic heterocycles. The van der Waals surface area contributed by atoms with Crippen molar-refractivity contribution in [2.45, 2.75) is 29.8 Å². The van der Waals surface area contributed by atoms with Gasteiger partial charge >= 0.3 is 5.51 Å². The van der Waals surface area contributed by atoms with E-state index in [2.05, 4.69) is 15.3 Å². The third-order valence-corrected chi connectivity index (χ3v) is 4.99. The molecule has 156 valence electrons. The maximum absolute atomic E-state index is 12.7. The number of aromatic amines is 1. The van der Waals surface area contributed by atoms with E-state index in [0.717, 1.165) is 6.07 Å². The molecule has 30 heavy (non-hydrogen) atoms. The second-order valence-electron chi connectivity index (χ2n) is 6.40. The number of amides is 1. The van der Waals surface area contributed by atoms with Gasteiger partial charge in [0.05, 0.1) is 6.04 Å². The minimum Gasteiger partial charge on any atom is -0.344 e. The zero-order valence-electron chi connectivity index (χ0n) is 15.9. The van der Waals surface area contributed by atoms with Crippen LogP contribution in [0.4, 0.5) is 13.2 Å². The summed E-state index contributed by atoms with van der Waals surface area (Å²) in [6.45, 7) is 1.84. The number of nitrogens with zero attached hydrogens (tertiary/aromatic N) is 1. The summed E-state index contributed by atoms with van der Waals surface area (Å²) in [4.78, 5) is 31.6. The second kappa shape index (κ2) is 9.17. The summed E-state index contributed by atoms with van der Waals surface area (Å²) in [5, 5.41) is 2.79. The quantitative estimate of drug-likeness (QED) is 0.541. The molecule has 1 amide bonds. The van der Waals surface area contributed by atoms with Crippen molar-refractivity contribution in [3.8, 4) is 11.4 Å². The highest BCUT2D eigenvalue weighted by Gasteiger charge is 2.29. The Morgan fingerprint density at radius 2 is 1.80 bits per heavy atom. The summed E-state index contributed by atoms with van der Waals surface area (Å²) in [6.07, 6.45) is 0.506.